The second-order valence-electron chi connectivity index (χ2n) is 5.32. The Morgan fingerprint density at radius 1 is 1.33 bits per heavy atom. The highest BCUT2D eigenvalue weighted by atomic mass is 32.2. The van der Waals surface area contributed by atoms with Crippen molar-refractivity contribution in [2.75, 3.05) is 29.5 Å². The molecule has 21 heavy (non-hydrogen) atoms. The standard InChI is InChI=1S/C14H22N6S/c1-2-6-15-14-18-12(11-9-17-20-13(11)19-14)16-8-10-5-3-4-7-21-10/h9-10H,2-8H2,1H3,(H3,15,16,17,18,19,20). The van der Waals surface area contributed by atoms with E-state index in [1.54, 1.807) is 6.20 Å². The Morgan fingerprint density at radius 2 is 2.29 bits per heavy atom. The van der Waals surface area contributed by atoms with E-state index in [1.807, 2.05) is 0 Å². The smallest absolute Gasteiger partial charge is 0.226 e. The largest absolute Gasteiger partial charge is 0.368 e. The van der Waals surface area contributed by atoms with Gasteiger partial charge in [-0.2, -0.15) is 26.8 Å². The molecule has 2 aromatic rings. The summed E-state index contributed by atoms with van der Waals surface area (Å²) in [4.78, 5) is 9.04. The highest BCUT2D eigenvalue weighted by Gasteiger charge is 2.15. The summed E-state index contributed by atoms with van der Waals surface area (Å²) in [6.07, 6.45) is 6.82. The number of nitrogens with zero attached hydrogens (tertiary/aromatic N) is 3. The van der Waals surface area contributed by atoms with Crippen LogP contribution in [0.25, 0.3) is 11.0 Å². The quantitative estimate of drug-likeness (QED) is 0.761. The Hall–Kier alpha value is -1.50. The zero-order chi connectivity index (χ0) is 14.5. The Kier molecular flexibility index (Phi) is 4.80. The second-order valence-corrected chi connectivity index (χ2v) is 6.73. The van der Waals surface area contributed by atoms with Crippen LogP contribution in [0.2, 0.25) is 0 Å². The van der Waals surface area contributed by atoms with Gasteiger partial charge in [0.25, 0.3) is 0 Å². The molecule has 1 fully saturated rings. The number of rotatable bonds is 6. The van der Waals surface area contributed by atoms with Crippen LogP contribution in [0.4, 0.5) is 11.8 Å². The van der Waals surface area contributed by atoms with Crippen LogP contribution in [0, 0.1) is 0 Å². The van der Waals surface area contributed by atoms with Crippen molar-refractivity contribution < 1.29 is 0 Å². The molecule has 1 saturated heterocycles. The van der Waals surface area contributed by atoms with Gasteiger partial charge in [0, 0.05) is 18.3 Å². The maximum atomic E-state index is 4.59. The Bertz CT molecular complexity index is 578. The van der Waals surface area contributed by atoms with Crippen LogP contribution in [-0.2, 0) is 0 Å². The van der Waals surface area contributed by atoms with E-state index in [1.165, 1.54) is 25.0 Å². The van der Waals surface area contributed by atoms with Gasteiger partial charge < -0.3 is 10.6 Å². The minimum absolute atomic E-state index is 0.660. The molecule has 0 saturated carbocycles. The molecular weight excluding hydrogens is 284 g/mol. The first-order valence-corrected chi connectivity index (χ1v) is 8.72. The van der Waals surface area contributed by atoms with Gasteiger partial charge in [-0.25, -0.2) is 0 Å². The molecule has 0 bridgehead atoms. The van der Waals surface area contributed by atoms with Gasteiger partial charge >= 0.3 is 0 Å². The molecule has 114 valence electrons. The average molecular weight is 306 g/mol. The first-order valence-electron chi connectivity index (χ1n) is 7.67. The molecule has 0 radical (unpaired) electrons. The molecule has 1 aliphatic heterocycles. The van der Waals surface area contributed by atoms with Gasteiger partial charge in [-0.15, -0.1) is 0 Å². The first-order chi connectivity index (χ1) is 10.4. The van der Waals surface area contributed by atoms with E-state index < -0.39 is 0 Å². The van der Waals surface area contributed by atoms with E-state index in [4.69, 9.17) is 0 Å². The number of hydrogen-bond acceptors (Lipinski definition) is 6. The van der Waals surface area contributed by atoms with E-state index in [9.17, 15) is 0 Å². The maximum Gasteiger partial charge on any atom is 0.226 e. The first kappa shape index (κ1) is 14.4. The number of thioether (sulfide) groups is 1. The summed E-state index contributed by atoms with van der Waals surface area (Å²) >= 11 is 2.06. The van der Waals surface area contributed by atoms with Crippen molar-refractivity contribution >= 4 is 34.6 Å². The molecule has 0 aromatic carbocycles. The lowest BCUT2D eigenvalue weighted by Gasteiger charge is -2.21. The van der Waals surface area contributed by atoms with Crippen LogP contribution >= 0.6 is 11.8 Å². The van der Waals surface area contributed by atoms with Crippen LogP contribution in [-0.4, -0.2) is 44.3 Å². The highest BCUT2D eigenvalue weighted by molar-refractivity contribution is 7.99. The van der Waals surface area contributed by atoms with Crippen molar-refractivity contribution in [3.05, 3.63) is 6.20 Å². The molecule has 3 rings (SSSR count). The number of nitrogens with one attached hydrogen (secondary N) is 3. The molecule has 7 heteroatoms. The van der Waals surface area contributed by atoms with Crippen molar-refractivity contribution in [3.63, 3.8) is 0 Å². The normalized spacial score (nSPS) is 18.8. The third-order valence-electron chi connectivity index (χ3n) is 3.61. The van der Waals surface area contributed by atoms with Gasteiger partial charge in [-0.3, -0.25) is 5.10 Å². The molecule has 2 aromatic heterocycles. The molecule has 3 N–H and O–H groups in total. The summed E-state index contributed by atoms with van der Waals surface area (Å²) in [5, 5.41) is 15.4. The van der Waals surface area contributed by atoms with Crippen molar-refractivity contribution in [2.24, 2.45) is 0 Å². The van der Waals surface area contributed by atoms with Crippen LogP contribution in [0.5, 0.6) is 0 Å². The molecule has 0 aliphatic carbocycles. The van der Waals surface area contributed by atoms with Crippen LogP contribution < -0.4 is 10.6 Å². The lowest BCUT2D eigenvalue weighted by atomic mass is 10.2. The topological polar surface area (TPSA) is 78.5 Å². The number of hydrogen-bond donors (Lipinski definition) is 3. The predicted molar refractivity (Wildman–Crippen MR) is 89.1 cm³/mol. The fraction of sp³-hybridized carbons (Fsp3) is 0.643. The van der Waals surface area contributed by atoms with Gasteiger partial charge in [0.2, 0.25) is 5.95 Å². The van der Waals surface area contributed by atoms with Gasteiger partial charge in [-0.05, 0) is 25.0 Å². The molecule has 1 unspecified atom stereocenters. The van der Waals surface area contributed by atoms with Gasteiger partial charge in [0.05, 0.1) is 11.6 Å². The predicted octanol–water partition coefficient (Wildman–Crippen LogP) is 2.87. The highest BCUT2D eigenvalue weighted by Crippen LogP contribution is 2.26. The maximum absolute atomic E-state index is 4.59. The van der Waals surface area contributed by atoms with Crippen molar-refractivity contribution in [1.82, 2.24) is 20.2 Å². The van der Waals surface area contributed by atoms with Crippen LogP contribution in [0.3, 0.4) is 0 Å². The zero-order valence-electron chi connectivity index (χ0n) is 12.4. The van der Waals surface area contributed by atoms with E-state index in [0.717, 1.165) is 36.4 Å². The molecule has 1 aliphatic rings. The number of aromatic nitrogens is 4. The summed E-state index contributed by atoms with van der Waals surface area (Å²) in [6.45, 7) is 3.95. The monoisotopic (exact) mass is 306 g/mol. The molecular formula is C14H22N6S. The third kappa shape index (κ3) is 3.58. The van der Waals surface area contributed by atoms with Crippen molar-refractivity contribution in [1.29, 1.82) is 0 Å². The summed E-state index contributed by atoms with van der Waals surface area (Å²) in [5.41, 5.74) is 0.780. The molecule has 6 nitrogen and oxygen atoms in total. The minimum Gasteiger partial charge on any atom is -0.368 e. The molecule has 1 atom stereocenters. The third-order valence-corrected chi connectivity index (χ3v) is 5.01. The fourth-order valence-corrected chi connectivity index (χ4v) is 3.70. The molecule has 0 spiro atoms. The van der Waals surface area contributed by atoms with E-state index in [2.05, 4.69) is 49.5 Å². The van der Waals surface area contributed by atoms with Gasteiger partial charge in [-0.1, -0.05) is 13.3 Å². The number of fused-ring (bicyclic) bond motifs is 1. The summed E-state index contributed by atoms with van der Waals surface area (Å²) in [6, 6.07) is 0. The van der Waals surface area contributed by atoms with Gasteiger partial charge in [0.15, 0.2) is 5.65 Å². The van der Waals surface area contributed by atoms with Crippen LogP contribution in [0.15, 0.2) is 6.20 Å². The van der Waals surface area contributed by atoms with Crippen LogP contribution in [0.1, 0.15) is 32.6 Å². The average Bonchev–Trinajstić information content (AvgIpc) is 3.00. The van der Waals surface area contributed by atoms with E-state index >= 15 is 0 Å². The van der Waals surface area contributed by atoms with Gasteiger partial charge in [0.1, 0.15) is 5.82 Å². The van der Waals surface area contributed by atoms with Crippen molar-refractivity contribution in [3.8, 4) is 0 Å². The number of H-pyrrole nitrogens is 1. The van der Waals surface area contributed by atoms with Crippen molar-refractivity contribution in [2.45, 2.75) is 37.9 Å². The number of anilines is 2. The molecule has 0 amide bonds. The van der Waals surface area contributed by atoms with E-state index in [-0.39, 0.29) is 0 Å². The fourth-order valence-electron chi connectivity index (χ4n) is 2.46. The summed E-state index contributed by atoms with van der Waals surface area (Å²) < 4.78 is 0. The lowest BCUT2D eigenvalue weighted by molar-refractivity contribution is 0.677. The van der Waals surface area contributed by atoms with E-state index in [0.29, 0.717) is 11.2 Å². The second kappa shape index (κ2) is 6.98. The number of aromatic amines is 1. The zero-order valence-corrected chi connectivity index (χ0v) is 13.2. The SMILES string of the molecule is CCCNc1nc(NCC2CCCCS2)c2cn[nH]c2n1. The molecule has 3 heterocycles. The summed E-state index contributed by atoms with van der Waals surface area (Å²) in [5.74, 6) is 2.81. The Morgan fingerprint density at radius 3 is 3.10 bits per heavy atom. The summed E-state index contributed by atoms with van der Waals surface area (Å²) in [7, 11) is 0. The Balaban J connectivity index is 1.73. The lowest BCUT2D eigenvalue weighted by Crippen LogP contribution is -2.21. The minimum atomic E-state index is 0.660. The Labute approximate surface area is 128 Å².